The fraction of sp³-hybridized carbons (Fsp3) is 0.0164. The van der Waals surface area contributed by atoms with Crippen molar-refractivity contribution in [1.29, 1.82) is 0 Å². The number of hydrogen-bond donors (Lipinski definition) is 0. The minimum Gasteiger partial charge on any atom is -0.310 e. The second kappa shape index (κ2) is 14.6. The SMILES string of the molecule is c1ccc(-c2cccc(N(c3ccccc3)c3ccc4c(c3)C3(c5ccccc5-4)c4cc(N(c5ccccc5)c5cccc6ccccc56)ccc4-c4c3sc3ccccc43)c2)cc1. The molecule has 10 aromatic carbocycles. The highest BCUT2D eigenvalue weighted by molar-refractivity contribution is 7.20. The standard InChI is InChI=1S/C61H40N2S/c1-4-18-41(19-5-1)43-22-16-27-46(38-43)62(44-23-6-2-7-24-44)47-34-36-51-50-29-12-14-31-54(50)61(55(51)39-47)56-40-48(35-37-52(56)59-53-30-13-15-33-58(53)64-60(59)61)63(45-25-8-3-9-26-45)57-32-17-21-42-20-10-11-28-49(42)57/h1-40H. The molecular formula is C61H40N2S. The summed E-state index contributed by atoms with van der Waals surface area (Å²) in [5, 5.41) is 3.75. The van der Waals surface area contributed by atoms with Crippen LogP contribution >= 0.6 is 11.3 Å². The van der Waals surface area contributed by atoms with Gasteiger partial charge in [-0.3, -0.25) is 0 Å². The van der Waals surface area contributed by atoms with E-state index in [1.807, 2.05) is 11.3 Å². The highest BCUT2D eigenvalue weighted by atomic mass is 32.1. The Morgan fingerprint density at radius 3 is 1.66 bits per heavy atom. The first-order valence-electron chi connectivity index (χ1n) is 22.0. The van der Waals surface area contributed by atoms with Crippen molar-refractivity contribution in [3.63, 3.8) is 0 Å². The predicted octanol–water partition coefficient (Wildman–Crippen LogP) is 17.0. The van der Waals surface area contributed by atoms with Crippen molar-refractivity contribution in [1.82, 2.24) is 0 Å². The van der Waals surface area contributed by atoms with Crippen molar-refractivity contribution in [3.8, 4) is 33.4 Å². The Morgan fingerprint density at radius 1 is 0.328 bits per heavy atom. The molecule has 1 heterocycles. The molecule has 1 atom stereocenters. The molecule has 11 aromatic rings. The molecule has 1 unspecified atom stereocenters. The van der Waals surface area contributed by atoms with E-state index in [1.165, 1.54) is 75.8 Å². The van der Waals surface area contributed by atoms with Crippen molar-refractivity contribution in [2.45, 2.75) is 5.41 Å². The normalized spacial score (nSPS) is 14.3. The summed E-state index contributed by atoms with van der Waals surface area (Å²) >= 11 is 1.95. The average molecular weight is 833 g/mol. The molecule has 2 aliphatic carbocycles. The van der Waals surface area contributed by atoms with Crippen molar-refractivity contribution in [3.05, 3.63) is 264 Å². The molecule has 0 aliphatic heterocycles. The summed E-state index contributed by atoms with van der Waals surface area (Å²) < 4.78 is 1.31. The summed E-state index contributed by atoms with van der Waals surface area (Å²) in [4.78, 5) is 6.27. The molecule has 0 N–H and O–H groups in total. The van der Waals surface area contributed by atoms with Crippen LogP contribution in [0.25, 0.3) is 54.2 Å². The quantitative estimate of drug-likeness (QED) is 0.158. The summed E-state index contributed by atoms with van der Waals surface area (Å²) in [6.07, 6.45) is 0. The molecule has 2 nitrogen and oxygen atoms in total. The van der Waals surface area contributed by atoms with Crippen LogP contribution in [0.5, 0.6) is 0 Å². The van der Waals surface area contributed by atoms with E-state index in [9.17, 15) is 0 Å². The van der Waals surface area contributed by atoms with E-state index < -0.39 is 5.41 Å². The van der Waals surface area contributed by atoms with E-state index >= 15 is 0 Å². The predicted molar refractivity (Wildman–Crippen MR) is 270 cm³/mol. The zero-order chi connectivity index (χ0) is 42.2. The van der Waals surface area contributed by atoms with Crippen molar-refractivity contribution in [2.24, 2.45) is 0 Å². The van der Waals surface area contributed by atoms with Gasteiger partial charge in [0.15, 0.2) is 0 Å². The van der Waals surface area contributed by atoms with Gasteiger partial charge in [-0.15, -0.1) is 11.3 Å². The van der Waals surface area contributed by atoms with Gasteiger partial charge in [0.1, 0.15) is 0 Å². The largest absolute Gasteiger partial charge is 0.310 e. The third kappa shape index (κ3) is 5.44. The lowest BCUT2D eigenvalue weighted by molar-refractivity contribution is 0.811. The van der Waals surface area contributed by atoms with Gasteiger partial charge < -0.3 is 9.80 Å². The molecule has 0 radical (unpaired) electrons. The molecule has 1 aromatic heterocycles. The van der Waals surface area contributed by atoms with Crippen LogP contribution in [0.3, 0.4) is 0 Å². The van der Waals surface area contributed by atoms with Gasteiger partial charge in [0, 0.05) is 54.3 Å². The minimum atomic E-state index is -0.568. The van der Waals surface area contributed by atoms with E-state index in [-0.39, 0.29) is 0 Å². The molecule has 2 aliphatic rings. The summed E-state index contributed by atoms with van der Waals surface area (Å²) in [6.45, 7) is 0. The average Bonchev–Trinajstić information content (AvgIpc) is 3.99. The lowest BCUT2D eigenvalue weighted by atomic mass is 9.73. The van der Waals surface area contributed by atoms with E-state index in [1.54, 1.807) is 0 Å². The lowest BCUT2D eigenvalue weighted by Gasteiger charge is -2.33. The third-order valence-corrected chi connectivity index (χ3v) is 14.7. The Balaban J connectivity index is 1.09. The van der Waals surface area contributed by atoms with Crippen molar-refractivity contribution >= 4 is 66.3 Å². The fourth-order valence-corrected chi connectivity index (χ4v) is 12.2. The Labute approximate surface area is 377 Å². The maximum absolute atomic E-state index is 2.52. The van der Waals surface area contributed by atoms with Crippen LogP contribution in [0.2, 0.25) is 0 Å². The monoisotopic (exact) mass is 832 g/mol. The molecule has 13 rings (SSSR count). The van der Waals surface area contributed by atoms with Gasteiger partial charge in [0.05, 0.1) is 11.1 Å². The molecular weight excluding hydrogens is 793 g/mol. The topological polar surface area (TPSA) is 6.48 Å². The van der Waals surface area contributed by atoms with E-state index in [0.29, 0.717) is 0 Å². The van der Waals surface area contributed by atoms with Crippen LogP contribution in [-0.2, 0) is 5.41 Å². The van der Waals surface area contributed by atoms with Crippen LogP contribution in [-0.4, -0.2) is 0 Å². The highest BCUT2D eigenvalue weighted by Crippen LogP contribution is 2.67. The van der Waals surface area contributed by atoms with E-state index in [0.717, 1.165) is 34.1 Å². The van der Waals surface area contributed by atoms with Gasteiger partial charge in [0.25, 0.3) is 0 Å². The maximum atomic E-state index is 2.52. The third-order valence-electron chi connectivity index (χ3n) is 13.4. The molecule has 0 saturated heterocycles. The second-order valence-corrected chi connectivity index (χ2v) is 17.9. The molecule has 1 spiro atoms. The number of anilines is 6. The molecule has 64 heavy (non-hydrogen) atoms. The maximum Gasteiger partial charge on any atom is 0.0820 e. The summed E-state index contributed by atoms with van der Waals surface area (Å²) in [5.41, 5.74) is 17.7. The first-order chi connectivity index (χ1) is 31.8. The van der Waals surface area contributed by atoms with Gasteiger partial charge in [0.2, 0.25) is 0 Å². The lowest BCUT2D eigenvalue weighted by Crippen LogP contribution is -2.25. The molecule has 0 fully saturated rings. The fourth-order valence-electron chi connectivity index (χ4n) is 10.7. The summed E-state index contributed by atoms with van der Waals surface area (Å²) in [6, 6.07) is 89.4. The van der Waals surface area contributed by atoms with Gasteiger partial charge in [-0.25, -0.2) is 0 Å². The van der Waals surface area contributed by atoms with Gasteiger partial charge in [-0.05, 0) is 123 Å². The van der Waals surface area contributed by atoms with Crippen molar-refractivity contribution in [2.75, 3.05) is 9.80 Å². The number of hydrogen-bond acceptors (Lipinski definition) is 3. The first-order valence-corrected chi connectivity index (χ1v) is 22.8. The number of para-hydroxylation sites is 2. The van der Waals surface area contributed by atoms with E-state index in [4.69, 9.17) is 0 Å². The molecule has 0 amide bonds. The highest BCUT2D eigenvalue weighted by Gasteiger charge is 2.54. The Hall–Kier alpha value is -7.98. The van der Waals surface area contributed by atoms with Crippen LogP contribution in [0.4, 0.5) is 34.1 Å². The van der Waals surface area contributed by atoms with Crippen LogP contribution in [0.15, 0.2) is 243 Å². The number of nitrogens with zero attached hydrogens (tertiary/aromatic N) is 2. The summed E-state index contributed by atoms with van der Waals surface area (Å²) in [5.74, 6) is 0. The molecule has 300 valence electrons. The number of rotatable bonds is 7. The number of fused-ring (bicyclic) bond motifs is 13. The Bertz CT molecular complexity index is 3570. The van der Waals surface area contributed by atoms with Crippen LogP contribution < -0.4 is 9.80 Å². The molecule has 3 heteroatoms. The summed E-state index contributed by atoms with van der Waals surface area (Å²) in [7, 11) is 0. The minimum absolute atomic E-state index is 0.568. The Morgan fingerprint density at radius 2 is 0.859 bits per heavy atom. The zero-order valence-electron chi connectivity index (χ0n) is 34.9. The van der Waals surface area contributed by atoms with Gasteiger partial charge >= 0.3 is 0 Å². The second-order valence-electron chi connectivity index (χ2n) is 16.8. The Kier molecular flexibility index (Phi) is 8.34. The molecule has 0 saturated carbocycles. The van der Waals surface area contributed by atoms with Crippen LogP contribution in [0, 0.1) is 0 Å². The smallest absolute Gasteiger partial charge is 0.0820 e. The van der Waals surface area contributed by atoms with Crippen molar-refractivity contribution < 1.29 is 0 Å². The zero-order valence-corrected chi connectivity index (χ0v) is 35.7. The van der Waals surface area contributed by atoms with E-state index in [2.05, 4.69) is 252 Å². The first kappa shape index (κ1) is 36.7. The van der Waals surface area contributed by atoms with Crippen LogP contribution in [0.1, 0.15) is 21.6 Å². The van der Waals surface area contributed by atoms with Gasteiger partial charge in [-0.2, -0.15) is 0 Å². The molecule has 0 bridgehead atoms. The number of benzene rings is 10. The van der Waals surface area contributed by atoms with Gasteiger partial charge in [-0.1, -0.05) is 170 Å². The number of thiophene rings is 1.